The van der Waals surface area contributed by atoms with E-state index in [-0.39, 0.29) is 30.3 Å². The predicted molar refractivity (Wildman–Crippen MR) is 84.3 cm³/mol. The molecule has 1 saturated heterocycles. The van der Waals surface area contributed by atoms with E-state index in [9.17, 15) is 9.59 Å². The van der Waals surface area contributed by atoms with Gasteiger partial charge in [-0.1, -0.05) is 17.7 Å². The van der Waals surface area contributed by atoms with E-state index in [4.69, 9.17) is 11.6 Å². The minimum absolute atomic E-state index is 0.0212. The van der Waals surface area contributed by atoms with Crippen LogP contribution in [-0.2, 0) is 9.59 Å². The van der Waals surface area contributed by atoms with Gasteiger partial charge in [0.2, 0.25) is 11.8 Å². The maximum absolute atomic E-state index is 12.6. The summed E-state index contributed by atoms with van der Waals surface area (Å²) in [6, 6.07) is 5.66. The molecule has 0 unspecified atom stereocenters. The first kappa shape index (κ1) is 14.1. The highest BCUT2D eigenvalue weighted by molar-refractivity contribution is 6.31. The van der Waals surface area contributed by atoms with E-state index >= 15 is 0 Å². The van der Waals surface area contributed by atoms with Gasteiger partial charge in [-0.05, 0) is 55.7 Å². The molecule has 0 spiro atoms. The molecular weight excluding hydrogens is 300 g/mol. The van der Waals surface area contributed by atoms with Crippen molar-refractivity contribution >= 4 is 29.1 Å². The zero-order valence-corrected chi connectivity index (χ0v) is 13.3. The number of benzene rings is 1. The number of aryl methyl sites for hydroxylation is 1. The molecule has 1 heterocycles. The number of nitrogens with one attached hydrogen (secondary N) is 1. The van der Waals surface area contributed by atoms with Crippen molar-refractivity contribution in [3.8, 4) is 0 Å². The minimum Gasteiger partial charge on any atom is -0.367 e. The third-order valence-corrected chi connectivity index (χ3v) is 6.04. The van der Waals surface area contributed by atoms with Crippen molar-refractivity contribution < 1.29 is 9.59 Å². The highest BCUT2D eigenvalue weighted by Gasteiger charge is 2.60. The first-order valence-electron chi connectivity index (χ1n) is 7.91. The lowest BCUT2D eigenvalue weighted by Crippen LogP contribution is -2.36. The van der Waals surface area contributed by atoms with Crippen LogP contribution in [0.5, 0.6) is 0 Å². The standard InChI is InChI=1S/C17H19ClN2O2/c1-9-2-5-12(7-13(9)18)19-8-20-16(21)14-10-3-4-11(6-10)15(14)17(20)22/h2,5,7,10-11,14-15,19H,3-4,6,8H2,1H3/t10-,11-,14-,15+/m0/s1. The van der Waals surface area contributed by atoms with Crippen molar-refractivity contribution in [2.24, 2.45) is 23.7 Å². The first-order chi connectivity index (χ1) is 10.6. The molecule has 2 aliphatic carbocycles. The van der Waals surface area contributed by atoms with Gasteiger partial charge in [-0.15, -0.1) is 0 Å². The second kappa shape index (κ2) is 4.98. The monoisotopic (exact) mass is 318 g/mol. The Morgan fingerprint density at radius 3 is 2.41 bits per heavy atom. The summed E-state index contributed by atoms with van der Waals surface area (Å²) in [4.78, 5) is 26.5. The Balaban J connectivity index is 1.48. The molecule has 3 fully saturated rings. The Hall–Kier alpha value is -1.55. The molecule has 3 aliphatic rings. The van der Waals surface area contributed by atoms with E-state index in [1.807, 2.05) is 25.1 Å². The normalized spacial score (nSPS) is 32.7. The Bertz CT molecular complexity index is 632. The third-order valence-electron chi connectivity index (χ3n) is 5.63. The van der Waals surface area contributed by atoms with Gasteiger partial charge in [0, 0.05) is 10.7 Å². The summed E-state index contributed by atoms with van der Waals surface area (Å²) in [6.45, 7) is 2.18. The Morgan fingerprint density at radius 1 is 1.18 bits per heavy atom. The summed E-state index contributed by atoms with van der Waals surface area (Å²) in [5.74, 6) is 0.820. The van der Waals surface area contributed by atoms with Crippen molar-refractivity contribution in [3.05, 3.63) is 28.8 Å². The molecular formula is C17H19ClN2O2. The third kappa shape index (κ3) is 1.97. The van der Waals surface area contributed by atoms with Crippen molar-refractivity contribution in [1.82, 2.24) is 4.90 Å². The van der Waals surface area contributed by atoms with E-state index in [0.29, 0.717) is 16.9 Å². The van der Waals surface area contributed by atoms with Crippen LogP contribution in [0.2, 0.25) is 5.02 Å². The lowest BCUT2D eigenvalue weighted by Gasteiger charge is -2.19. The molecule has 116 valence electrons. The zero-order chi connectivity index (χ0) is 15.4. The number of halogens is 1. The fourth-order valence-corrected chi connectivity index (χ4v) is 4.68. The Labute approximate surface area is 134 Å². The number of likely N-dealkylation sites (tertiary alicyclic amines) is 1. The molecule has 1 N–H and O–H groups in total. The van der Waals surface area contributed by atoms with Gasteiger partial charge in [0.05, 0.1) is 18.5 Å². The molecule has 0 aromatic heterocycles. The maximum atomic E-state index is 12.6. The summed E-state index contributed by atoms with van der Waals surface area (Å²) in [7, 11) is 0. The molecule has 1 aromatic rings. The van der Waals surface area contributed by atoms with Crippen LogP contribution in [0.4, 0.5) is 5.69 Å². The molecule has 2 saturated carbocycles. The summed E-state index contributed by atoms with van der Waals surface area (Å²) in [5.41, 5.74) is 1.84. The van der Waals surface area contributed by atoms with Crippen molar-refractivity contribution in [2.75, 3.05) is 12.0 Å². The predicted octanol–water partition coefficient (Wildman–Crippen LogP) is 3.05. The lowest BCUT2D eigenvalue weighted by molar-refractivity contribution is -0.140. The van der Waals surface area contributed by atoms with Crippen molar-refractivity contribution in [2.45, 2.75) is 26.2 Å². The number of hydrogen-bond donors (Lipinski definition) is 1. The number of fused-ring (bicyclic) bond motifs is 5. The lowest BCUT2D eigenvalue weighted by atomic mass is 9.81. The average Bonchev–Trinajstić information content (AvgIpc) is 3.16. The second-order valence-electron chi connectivity index (χ2n) is 6.79. The van der Waals surface area contributed by atoms with Gasteiger partial charge >= 0.3 is 0 Å². The summed E-state index contributed by atoms with van der Waals surface area (Å²) in [5, 5.41) is 3.83. The van der Waals surface area contributed by atoms with Gasteiger partial charge < -0.3 is 5.32 Å². The van der Waals surface area contributed by atoms with E-state index in [0.717, 1.165) is 30.5 Å². The number of carbonyl (C=O) groups is 2. The molecule has 4 atom stereocenters. The van der Waals surface area contributed by atoms with Gasteiger partial charge in [0.15, 0.2) is 0 Å². The van der Waals surface area contributed by atoms with Crippen LogP contribution in [0.15, 0.2) is 18.2 Å². The van der Waals surface area contributed by atoms with Crippen LogP contribution in [0.1, 0.15) is 24.8 Å². The molecule has 4 rings (SSSR count). The van der Waals surface area contributed by atoms with Crippen molar-refractivity contribution in [3.63, 3.8) is 0 Å². The first-order valence-corrected chi connectivity index (χ1v) is 8.29. The Morgan fingerprint density at radius 2 is 1.82 bits per heavy atom. The van der Waals surface area contributed by atoms with Gasteiger partial charge in [0.1, 0.15) is 0 Å². The van der Waals surface area contributed by atoms with Crippen LogP contribution < -0.4 is 5.32 Å². The average molecular weight is 319 g/mol. The molecule has 22 heavy (non-hydrogen) atoms. The fourth-order valence-electron chi connectivity index (χ4n) is 4.50. The van der Waals surface area contributed by atoms with Crippen LogP contribution in [0.25, 0.3) is 0 Å². The quantitative estimate of drug-likeness (QED) is 0.871. The molecule has 5 heteroatoms. The highest BCUT2D eigenvalue weighted by Crippen LogP contribution is 2.56. The van der Waals surface area contributed by atoms with Crippen molar-refractivity contribution in [1.29, 1.82) is 0 Å². The largest absolute Gasteiger partial charge is 0.367 e. The number of carbonyl (C=O) groups excluding carboxylic acids is 2. The van der Waals surface area contributed by atoms with Gasteiger partial charge in [-0.2, -0.15) is 0 Å². The van der Waals surface area contributed by atoms with E-state index in [1.54, 1.807) is 0 Å². The highest BCUT2D eigenvalue weighted by atomic mass is 35.5. The number of rotatable bonds is 3. The second-order valence-corrected chi connectivity index (χ2v) is 7.20. The molecule has 1 aliphatic heterocycles. The van der Waals surface area contributed by atoms with E-state index in [1.165, 1.54) is 4.90 Å². The zero-order valence-electron chi connectivity index (χ0n) is 12.5. The Kier molecular flexibility index (Phi) is 3.19. The topological polar surface area (TPSA) is 49.4 Å². The smallest absolute Gasteiger partial charge is 0.234 e. The minimum atomic E-state index is -0.0466. The molecule has 1 aromatic carbocycles. The number of amides is 2. The molecule has 0 radical (unpaired) electrons. The van der Waals surface area contributed by atoms with Crippen LogP contribution in [-0.4, -0.2) is 23.4 Å². The number of hydrogen-bond acceptors (Lipinski definition) is 3. The van der Waals surface area contributed by atoms with Gasteiger partial charge in [-0.3, -0.25) is 14.5 Å². The van der Waals surface area contributed by atoms with Crippen LogP contribution >= 0.6 is 11.6 Å². The number of imide groups is 1. The summed E-state index contributed by atoms with van der Waals surface area (Å²) in [6.07, 6.45) is 3.29. The van der Waals surface area contributed by atoms with Crippen LogP contribution in [0.3, 0.4) is 0 Å². The van der Waals surface area contributed by atoms with Crippen LogP contribution in [0, 0.1) is 30.6 Å². The van der Waals surface area contributed by atoms with E-state index < -0.39 is 0 Å². The maximum Gasteiger partial charge on any atom is 0.234 e. The molecule has 2 bridgehead atoms. The van der Waals surface area contributed by atoms with Gasteiger partial charge in [-0.25, -0.2) is 0 Å². The number of anilines is 1. The summed E-state index contributed by atoms with van der Waals surface area (Å²) < 4.78 is 0. The van der Waals surface area contributed by atoms with E-state index in [2.05, 4.69) is 5.32 Å². The van der Waals surface area contributed by atoms with Gasteiger partial charge in [0.25, 0.3) is 0 Å². The fraction of sp³-hybridized carbons (Fsp3) is 0.529. The number of nitrogens with zero attached hydrogens (tertiary/aromatic N) is 1. The molecule has 4 nitrogen and oxygen atoms in total. The summed E-state index contributed by atoms with van der Waals surface area (Å²) >= 11 is 6.10. The molecule has 2 amide bonds. The SMILES string of the molecule is Cc1ccc(NCN2C(=O)[C@@H]3[C@H]4CC[C@@H](C4)[C@@H]3C2=O)cc1Cl.